The van der Waals surface area contributed by atoms with Gasteiger partial charge in [-0.1, -0.05) is 72.7 Å². The van der Waals surface area contributed by atoms with E-state index in [4.69, 9.17) is 49.4 Å². The number of amides is 2. The number of nitrogens with one attached hydrogen (secondary N) is 2. The van der Waals surface area contributed by atoms with Gasteiger partial charge in [0.05, 0.1) is 111 Å². The third-order valence-electron chi connectivity index (χ3n) is 8.64. The zero-order valence-electron chi connectivity index (χ0n) is 39.4. The zero-order valence-corrected chi connectivity index (χ0v) is 39.4. The van der Waals surface area contributed by atoms with Crippen LogP contribution in [0.15, 0.2) is 36.9 Å². The first-order valence-corrected chi connectivity index (χ1v) is 22.6. The normalized spacial score (nSPS) is 11.8. The molecule has 17 heteroatoms. The number of nitrogens with two attached hydrogens (primary N) is 2. The highest BCUT2D eigenvalue weighted by atomic mass is 16.6. The standard InChI is InChI=1S/C41H73N7O10.2C2H6/c1-5-6-9-15-48-36-11-8-7-10-35(36)37(46-48)39(49)45-38(41(2,3)4)40(50)44-14-21-53-27-28-54-22-16-47(17-23-55-29-33-57-31-25-51-19-12-42)18-24-56-30-34-58-32-26-52-20-13-43;2*1-2/h5,7-8,10-11,38H,1,6,9,12-34,42-43H2,2-4H3,(H,44,50)(H,45,49);2*1-2H3. The van der Waals surface area contributed by atoms with Crippen molar-refractivity contribution in [3.63, 3.8) is 0 Å². The van der Waals surface area contributed by atoms with E-state index in [0.29, 0.717) is 151 Å². The molecule has 1 aromatic heterocycles. The highest BCUT2D eigenvalue weighted by molar-refractivity contribution is 6.06. The molecule has 1 heterocycles. The van der Waals surface area contributed by atoms with Gasteiger partial charge in [0, 0.05) is 51.2 Å². The Hall–Kier alpha value is -3.07. The van der Waals surface area contributed by atoms with Crippen LogP contribution in [0.4, 0.5) is 0 Å². The maximum absolute atomic E-state index is 13.5. The highest BCUT2D eigenvalue weighted by Crippen LogP contribution is 2.23. The molecule has 62 heavy (non-hydrogen) atoms. The van der Waals surface area contributed by atoms with Gasteiger partial charge in [0.1, 0.15) is 6.04 Å². The monoisotopic (exact) mass is 884 g/mol. The Morgan fingerprint density at radius 1 is 0.710 bits per heavy atom. The summed E-state index contributed by atoms with van der Waals surface area (Å²) in [6.45, 7) is 29.4. The first-order valence-electron chi connectivity index (χ1n) is 22.6. The van der Waals surface area contributed by atoms with Crippen LogP contribution in [0.3, 0.4) is 0 Å². The average Bonchev–Trinajstić information content (AvgIpc) is 3.65. The van der Waals surface area contributed by atoms with Crippen LogP contribution in [0.5, 0.6) is 0 Å². The first-order chi connectivity index (χ1) is 30.2. The number of unbranched alkanes of at least 4 members (excludes halogenated alkanes) is 1. The average molecular weight is 884 g/mol. The first kappa shape index (κ1) is 58.9. The Bertz CT molecular complexity index is 1340. The second kappa shape index (κ2) is 40.7. The Kier molecular flexibility index (Phi) is 38.7. The van der Waals surface area contributed by atoms with E-state index in [-0.39, 0.29) is 12.5 Å². The summed E-state index contributed by atoms with van der Waals surface area (Å²) in [6.07, 6.45) is 3.58. The van der Waals surface area contributed by atoms with Crippen LogP contribution in [0.1, 0.15) is 71.8 Å². The predicted molar refractivity (Wildman–Crippen MR) is 247 cm³/mol. The molecule has 0 aliphatic carbocycles. The van der Waals surface area contributed by atoms with Crippen LogP contribution in [0, 0.1) is 5.41 Å². The minimum atomic E-state index is -0.785. The zero-order chi connectivity index (χ0) is 46.1. The Balaban J connectivity index is 0.00000902. The lowest BCUT2D eigenvalue weighted by Gasteiger charge is -2.30. The molecule has 0 aliphatic rings. The van der Waals surface area contributed by atoms with Crippen LogP contribution in [-0.4, -0.2) is 178 Å². The lowest BCUT2D eigenvalue weighted by molar-refractivity contribution is -0.125. The third kappa shape index (κ3) is 28.6. The minimum Gasteiger partial charge on any atom is -0.378 e. The number of carbonyl (C=O) groups is 2. The minimum absolute atomic E-state index is 0.288. The molecule has 1 unspecified atom stereocenters. The van der Waals surface area contributed by atoms with E-state index in [1.165, 1.54) is 0 Å². The Morgan fingerprint density at radius 3 is 1.60 bits per heavy atom. The van der Waals surface area contributed by atoms with Crippen LogP contribution < -0.4 is 22.1 Å². The number of aryl methyl sites for hydroxylation is 1. The van der Waals surface area contributed by atoms with E-state index >= 15 is 0 Å². The number of nitrogens with zero attached hydrogens (tertiary/aromatic N) is 3. The maximum Gasteiger partial charge on any atom is 0.273 e. The van der Waals surface area contributed by atoms with Gasteiger partial charge in [-0.2, -0.15) is 5.10 Å². The molecule has 0 spiro atoms. The van der Waals surface area contributed by atoms with Crippen molar-refractivity contribution >= 4 is 22.7 Å². The molecule has 0 saturated carbocycles. The van der Waals surface area contributed by atoms with E-state index in [1.54, 1.807) is 0 Å². The number of benzene rings is 1. The van der Waals surface area contributed by atoms with Crippen molar-refractivity contribution in [1.29, 1.82) is 0 Å². The predicted octanol–water partition coefficient (Wildman–Crippen LogP) is 3.67. The van der Waals surface area contributed by atoms with E-state index in [0.717, 1.165) is 23.7 Å². The SMILES string of the molecule is C=CCCCn1nc(C(=O)NC(C(=O)NCCOCCOCCN(CCOCCOCCOCCN)CCOCCOCCOCCN)C(C)(C)C)c2ccccc21.CC.CC. The number of hydrogen-bond acceptors (Lipinski definition) is 14. The summed E-state index contributed by atoms with van der Waals surface area (Å²) in [5.74, 6) is -0.679. The van der Waals surface area contributed by atoms with Gasteiger partial charge >= 0.3 is 0 Å². The number of rotatable bonds is 38. The third-order valence-corrected chi connectivity index (χ3v) is 8.64. The number of carbonyl (C=O) groups excluding carboxylic acids is 2. The molecule has 2 amide bonds. The summed E-state index contributed by atoms with van der Waals surface area (Å²) in [4.78, 5) is 29.1. The van der Waals surface area contributed by atoms with Crippen LogP contribution in [0.25, 0.3) is 10.9 Å². The fraction of sp³-hybridized carbons (Fsp3) is 0.756. The van der Waals surface area contributed by atoms with Gasteiger partial charge in [-0.05, 0) is 24.3 Å². The fourth-order valence-electron chi connectivity index (χ4n) is 5.56. The molecule has 0 fully saturated rings. The van der Waals surface area contributed by atoms with Crippen molar-refractivity contribution in [3.05, 3.63) is 42.6 Å². The van der Waals surface area contributed by atoms with Gasteiger partial charge in [-0.3, -0.25) is 19.2 Å². The summed E-state index contributed by atoms with van der Waals surface area (Å²) in [6, 6.07) is 6.84. The lowest BCUT2D eigenvalue weighted by Crippen LogP contribution is -2.54. The number of fused-ring (bicyclic) bond motifs is 1. The smallest absolute Gasteiger partial charge is 0.273 e. The largest absolute Gasteiger partial charge is 0.378 e. The molecule has 6 N–H and O–H groups in total. The molecule has 17 nitrogen and oxygen atoms in total. The summed E-state index contributed by atoms with van der Waals surface area (Å²) < 4.78 is 46.6. The van der Waals surface area contributed by atoms with Crippen molar-refractivity contribution in [3.8, 4) is 0 Å². The quantitative estimate of drug-likeness (QED) is 0.0562. The molecule has 360 valence electrons. The number of ether oxygens (including phenoxy) is 8. The Labute approximate surface area is 373 Å². The molecular formula is C45H85N7O10. The van der Waals surface area contributed by atoms with Gasteiger partial charge in [0.25, 0.3) is 5.91 Å². The number of hydrogen-bond donors (Lipinski definition) is 4. The maximum atomic E-state index is 13.5. The molecule has 2 aromatic rings. The molecule has 0 aliphatic heterocycles. The molecule has 0 radical (unpaired) electrons. The molecule has 0 saturated heterocycles. The van der Waals surface area contributed by atoms with Crippen molar-refractivity contribution in [2.45, 2.75) is 73.9 Å². The summed E-state index contributed by atoms with van der Waals surface area (Å²) in [5, 5.41) is 11.2. The van der Waals surface area contributed by atoms with E-state index in [1.807, 2.05) is 83.5 Å². The highest BCUT2D eigenvalue weighted by Gasteiger charge is 2.34. The van der Waals surface area contributed by atoms with Gasteiger partial charge in [0.15, 0.2) is 5.69 Å². The van der Waals surface area contributed by atoms with Crippen molar-refractivity contribution in [2.75, 3.05) is 145 Å². The van der Waals surface area contributed by atoms with Crippen molar-refractivity contribution < 1.29 is 47.5 Å². The van der Waals surface area contributed by atoms with E-state index in [2.05, 4.69) is 27.2 Å². The van der Waals surface area contributed by atoms with Crippen LogP contribution in [-0.2, 0) is 49.2 Å². The molecule has 1 aromatic carbocycles. The fourth-order valence-corrected chi connectivity index (χ4v) is 5.56. The van der Waals surface area contributed by atoms with E-state index in [9.17, 15) is 9.59 Å². The van der Waals surface area contributed by atoms with Crippen molar-refractivity contribution in [1.82, 2.24) is 25.3 Å². The number of allylic oxidation sites excluding steroid dienone is 1. The summed E-state index contributed by atoms with van der Waals surface area (Å²) in [5.41, 5.74) is 11.5. The Morgan fingerprint density at radius 2 is 1.15 bits per heavy atom. The summed E-state index contributed by atoms with van der Waals surface area (Å²) in [7, 11) is 0. The number of aromatic nitrogens is 2. The van der Waals surface area contributed by atoms with Gasteiger partial charge in [-0.25, -0.2) is 0 Å². The van der Waals surface area contributed by atoms with Gasteiger partial charge in [-0.15, -0.1) is 6.58 Å². The van der Waals surface area contributed by atoms with Gasteiger partial charge < -0.3 is 60.0 Å². The van der Waals surface area contributed by atoms with Crippen molar-refractivity contribution in [2.24, 2.45) is 16.9 Å². The molecule has 2 rings (SSSR count). The number of para-hydroxylation sites is 1. The second-order valence-electron chi connectivity index (χ2n) is 14.4. The van der Waals surface area contributed by atoms with E-state index < -0.39 is 17.4 Å². The summed E-state index contributed by atoms with van der Waals surface area (Å²) >= 11 is 0. The van der Waals surface area contributed by atoms with Crippen LogP contribution >= 0.6 is 0 Å². The van der Waals surface area contributed by atoms with Crippen LogP contribution in [0.2, 0.25) is 0 Å². The molecular weight excluding hydrogens is 799 g/mol. The lowest BCUT2D eigenvalue weighted by atomic mass is 9.86. The molecule has 0 bridgehead atoms. The topological polar surface area (TPSA) is 205 Å². The van der Waals surface area contributed by atoms with Gasteiger partial charge in [0.2, 0.25) is 5.91 Å². The molecule has 1 atom stereocenters. The second-order valence-corrected chi connectivity index (χ2v) is 14.4.